The summed E-state index contributed by atoms with van der Waals surface area (Å²) in [5.74, 6) is -0.884. The summed E-state index contributed by atoms with van der Waals surface area (Å²) in [6, 6.07) is 3.99. The number of hydrogen-bond acceptors (Lipinski definition) is 4. The molecule has 0 saturated heterocycles. The van der Waals surface area contributed by atoms with Gasteiger partial charge in [0, 0.05) is 13.6 Å². The molecule has 0 aliphatic heterocycles. The molecule has 0 atom stereocenters. The number of nitrogens with one attached hydrogen (secondary N) is 1. The molecule has 1 aromatic carbocycles. The van der Waals surface area contributed by atoms with Crippen LogP contribution in [0.25, 0.3) is 0 Å². The van der Waals surface area contributed by atoms with Gasteiger partial charge in [-0.15, -0.1) is 0 Å². The van der Waals surface area contributed by atoms with Gasteiger partial charge in [0.1, 0.15) is 5.75 Å². The third kappa shape index (κ3) is 4.61. The second-order valence-electron chi connectivity index (χ2n) is 4.50. The Hall–Kier alpha value is -1.80. The minimum atomic E-state index is -3.75. The Balaban J connectivity index is 3.04. The average molecular weight is 316 g/mol. The molecule has 7 nitrogen and oxygen atoms in total. The van der Waals surface area contributed by atoms with Crippen LogP contribution in [0.4, 0.5) is 5.69 Å². The molecule has 1 aromatic rings. The lowest BCUT2D eigenvalue weighted by atomic mass is 10.2. The van der Waals surface area contributed by atoms with Crippen molar-refractivity contribution in [1.29, 1.82) is 0 Å². The van der Waals surface area contributed by atoms with E-state index in [-0.39, 0.29) is 17.0 Å². The van der Waals surface area contributed by atoms with Crippen LogP contribution in [0.3, 0.4) is 0 Å². The van der Waals surface area contributed by atoms with Gasteiger partial charge in [-0.1, -0.05) is 13.3 Å². The van der Waals surface area contributed by atoms with Gasteiger partial charge in [0.15, 0.2) is 0 Å². The third-order valence-corrected chi connectivity index (χ3v) is 4.40. The zero-order valence-electron chi connectivity index (χ0n) is 12.3. The van der Waals surface area contributed by atoms with Crippen LogP contribution in [-0.4, -0.2) is 44.5 Å². The molecule has 8 heteroatoms. The summed E-state index contributed by atoms with van der Waals surface area (Å²) in [5, 5.41) is 8.97. The van der Waals surface area contributed by atoms with Crippen molar-refractivity contribution < 1.29 is 23.1 Å². The Morgan fingerprint density at radius 3 is 2.62 bits per heavy atom. The number of ether oxygens (including phenoxy) is 1. The van der Waals surface area contributed by atoms with Crippen LogP contribution in [0.5, 0.6) is 5.75 Å². The lowest BCUT2D eigenvalue weighted by Crippen LogP contribution is -2.33. The lowest BCUT2D eigenvalue weighted by molar-refractivity contribution is 0.0697. The lowest BCUT2D eigenvalue weighted by Gasteiger charge is -2.19. The highest BCUT2D eigenvalue weighted by atomic mass is 32.2. The van der Waals surface area contributed by atoms with Crippen molar-refractivity contribution in [3.63, 3.8) is 0 Å². The molecule has 21 heavy (non-hydrogen) atoms. The van der Waals surface area contributed by atoms with E-state index in [0.717, 1.165) is 12.8 Å². The highest BCUT2D eigenvalue weighted by Crippen LogP contribution is 2.27. The normalized spacial score (nSPS) is 11.4. The molecule has 0 amide bonds. The molecule has 0 heterocycles. The van der Waals surface area contributed by atoms with E-state index < -0.39 is 16.2 Å². The number of carbonyl (C=O) groups is 1. The van der Waals surface area contributed by atoms with E-state index in [4.69, 9.17) is 9.84 Å². The summed E-state index contributed by atoms with van der Waals surface area (Å²) >= 11 is 0. The Bertz CT molecular complexity index is 601. The maximum absolute atomic E-state index is 12.2. The summed E-state index contributed by atoms with van der Waals surface area (Å²) in [6.07, 6.45) is 1.61. The van der Waals surface area contributed by atoms with E-state index in [1.165, 1.54) is 36.7 Å². The maximum atomic E-state index is 12.2. The first-order valence-electron chi connectivity index (χ1n) is 6.47. The van der Waals surface area contributed by atoms with E-state index in [0.29, 0.717) is 6.54 Å². The first-order valence-corrected chi connectivity index (χ1v) is 7.91. The van der Waals surface area contributed by atoms with E-state index in [1.807, 2.05) is 6.92 Å². The Morgan fingerprint density at radius 2 is 2.10 bits per heavy atom. The molecular weight excluding hydrogens is 296 g/mol. The van der Waals surface area contributed by atoms with Crippen LogP contribution in [0, 0.1) is 0 Å². The van der Waals surface area contributed by atoms with Gasteiger partial charge in [-0.3, -0.25) is 4.72 Å². The monoisotopic (exact) mass is 316 g/mol. The van der Waals surface area contributed by atoms with Crippen LogP contribution in [-0.2, 0) is 10.2 Å². The first kappa shape index (κ1) is 17.3. The van der Waals surface area contributed by atoms with Crippen molar-refractivity contribution in [2.75, 3.05) is 25.4 Å². The van der Waals surface area contributed by atoms with Gasteiger partial charge in [0.25, 0.3) is 0 Å². The maximum Gasteiger partial charge on any atom is 0.335 e. The fourth-order valence-corrected chi connectivity index (χ4v) is 2.60. The Labute approximate surface area is 124 Å². The van der Waals surface area contributed by atoms with Crippen molar-refractivity contribution in [2.24, 2.45) is 0 Å². The zero-order chi connectivity index (χ0) is 16.0. The standard InChI is InChI=1S/C13H20N2O5S/c1-4-5-8-15(2)21(18,19)14-11-9-10(13(16)17)6-7-12(11)20-3/h6-7,9,14H,4-5,8H2,1-3H3,(H,16,17). The number of hydrogen-bond donors (Lipinski definition) is 2. The largest absolute Gasteiger partial charge is 0.495 e. The number of benzene rings is 1. The van der Waals surface area contributed by atoms with Gasteiger partial charge in [-0.05, 0) is 24.6 Å². The molecule has 0 radical (unpaired) electrons. The summed E-state index contributed by atoms with van der Waals surface area (Å²) in [5.41, 5.74) is 0.0745. The van der Waals surface area contributed by atoms with Gasteiger partial charge in [0.05, 0.1) is 18.4 Å². The Morgan fingerprint density at radius 1 is 1.43 bits per heavy atom. The topological polar surface area (TPSA) is 95.9 Å². The van der Waals surface area contributed by atoms with E-state index in [1.54, 1.807) is 0 Å². The molecule has 0 aliphatic rings. The molecular formula is C13H20N2O5S. The second kappa shape index (κ2) is 7.28. The van der Waals surface area contributed by atoms with Gasteiger partial charge in [-0.25, -0.2) is 4.79 Å². The number of rotatable bonds is 8. The highest BCUT2D eigenvalue weighted by Gasteiger charge is 2.20. The first-order chi connectivity index (χ1) is 9.81. The summed E-state index contributed by atoms with van der Waals surface area (Å²) in [6.45, 7) is 2.35. The fraction of sp³-hybridized carbons (Fsp3) is 0.462. The Kier molecular flexibility index (Phi) is 5.98. The second-order valence-corrected chi connectivity index (χ2v) is 6.28. The zero-order valence-corrected chi connectivity index (χ0v) is 13.1. The van der Waals surface area contributed by atoms with Crippen molar-refractivity contribution in [2.45, 2.75) is 19.8 Å². The van der Waals surface area contributed by atoms with Crippen LogP contribution in [0.15, 0.2) is 18.2 Å². The van der Waals surface area contributed by atoms with Crippen LogP contribution < -0.4 is 9.46 Å². The summed E-state index contributed by atoms with van der Waals surface area (Å²) in [4.78, 5) is 11.0. The van der Waals surface area contributed by atoms with Gasteiger partial charge >= 0.3 is 16.2 Å². The molecule has 0 bridgehead atoms. The molecule has 0 aliphatic carbocycles. The number of nitrogens with zero attached hydrogens (tertiary/aromatic N) is 1. The van der Waals surface area contributed by atoms with Gasteiger partial charge < -0.3 is 9.84 Å². The molecule has 2 N–H and O–H groups in total. The number of carboxylic acids is 1. The van der Waals surface area contributed by atoms with Crippen LogP contribution in [0.1, 0.15) is 30.1 Å². The van der Waals surface area contributed by atoms with Crippen molar-refractivity contribution >= 4 is 21.9 Å². The fourth-order valence-electron chi connectivity index (χ4n) is 1.64. The van der Waals surface area contributed by atoms with Gasteiger partial charge in [0.2, 0.25) is 0 Å². The number of methoxy groups -OCH3 is 1. The van der Waals surface area contributed by atoms with E-state index in [9.17, 15) is 13.2 Å². The average Bonchev–Trinajstić information content (AvgIpc) is 2.43. The third-order valence-electron chi connectivity index (χ3n) is 2.92. The van der Waals surface area contributed by atoms with Crippen molar-refractivity contribution in [3.8, 4) is 5.75 Å². The smallest absolute Gasteiger partial charge is 0.335 e. The molecule has 0 fully saturated rings. The predicted molar refractivity (Wildman–Crippen MR) is 80.0 cm³/mol. The van der Waals surface area contributed by atoms with E-state index in [2.05, 4.69) is 4.72 Å². The minimum Gasteiger partial charge on any atom is -0.495 e. The van der Waals surface area contributed by atoms with E-state index >= 15 is 0 Å². The molecule has 0 saturated carbocycles. The molecule has 0 unspecified atom stereocenters. The SMILES string of the molecule is CCCCN(C)S(=O)(=O)Nc1cc(C(=O)O)ccc1OC. The molecule has 0 spiro atoms. The van der Waals surface area contributed by atoms with Crippen LogP contribution in [0.2, 0.25) is 0 Å². The summed E-state index contributed by atoms with van der Waals surface area (Å²) < 4.78 is 32.9. The minimum absolute atomic E-state index is 0.0234. The van der Waals surface area contributed by atoms with Crippen molar-refractivity contribution in [3.05, 3.63) is 23.8 Å². The predicted octanol–water partition coefficient (Wildman–Crippen LogP) is 1.78. The number of anilines is 1. The molecule has 118 valence electrons. The molecule has 1 rings (SSSR count). The summed E-state index contributed by atoms with van der Waals surface area (Å²) in [7, 11) is -0.903. The number of unbranched alkanes of at least 4 members (excludes halogenated alkanes) is 1. The van der Waals surface area contributed by atoms with Gasteiger partial charge in [-0.2, -0.15) is 12.7 Å². The number of aromatic carboxylic acids is 1. The number of carboxylic acid groups (broad SMARTS) is 1. The molecule has 0 aromatic heterocycles. The van der Waals surface area contributed by atoms with Crippen molar-refractivity contribution in [1.82, 2.24) is 4.31 Å². The quantitative estimate of drug-likeness (QED) is 0.762. The van der Waals surface area contributed by atoms with Crippen LogP contribution >= 0.6 is 0 Å². The highest BCUT2D eigenvalue weighted by molar-refractivity contribution is 7.90.